The number of anilines is 1. The molecule has 0 saturated carbocycles. The first-order valence-corrected chi connectivity index (χ1v) is 10.6. The van der Waals surface area contributed by atoms with Crippen LogP contribution in [0.3, 0.4) is 0 Å². The third kappa shape index (κ3) is 3.91. The summed E-state index contributed by atoms with van der Waals surface area (Å²) in [6, 6.07) is 12.4. The van der Waals surface area contributed by atoms with Gasteiger partial charge in [0.25, 0.3) is 5.91 Å². The topological polar surface area (TPSA) is 73.1 Å². The molecule has 2 aliphatic heterocycles. The molecule has 1 saturated heterocycles. The summed E-state index contributed by atoms with van der Waals surface area (Å²) in [4.78, 5) is 21.5. The van der Waals surface area contributed by atoms with Crippen LogP contribution >= 0.6 is 0 Å². The summed E-state index contributed by atoms with van der Waals surface area (Å²) in [5.41, 5.74) is 4.98. The molecule has 7 nitrogen and oxygen atoms in total. The van der Waals surface area contributed by atoms with E-state index in [4.69, 9.17) is 0 Å². The zero-order valence-electron chi connectivity index (χ0n) is 17.0. The van der Waals surface area contributed by atoms with Crippen molar-refractivity contribution in [1.82, 2.24) is 19.6 Å². The Kier molecular flexibility index (Phi) is 5.14. The van der Waals surface area contributed by atoms with Crippen molar-refractivity contribution in [3.63, 3.8) is 0 Å². The third-order valence-electron chi connectivity index (χ3n) is 6.07. The molecule has 1 fully saturated rings. The Labute approximate surface area is 175 Å². The van der Waals surface area contributed by atoms with Gasteiger partial charge >= 0.3 is 0 Å². The minimum Gasteiger partial charge on any atom is -0.390 e. The Morgan fingerprint density at radius 1 is 1.10 bits per heavy atom. The lowest BCUT2D eigenvalue weighted by Crippen LogP contribution is -2.42. The minimum absolute atomic E-state index is 0.212. The first-order valence-electron chi connectivity index (χ1n) is 10.6. The predicted molar refractivity (Wildman–Crippen MR) is 116 cm³/mol. The molecule has 0 radical (unpaired) electrons. The first kappa shape index (κ1) is 19.1. The second-order valence-corrected chi connectivity index (χ2v) is 8.24. The van der Waals surface area contributed by atoms with E-state index in [-0.39, 0.29) is 12.5 Å². The van der Waals surface area contributed by atoms with Crippen molar-refractivity contribution in [2.75, 3.05) is 37.6 Å². The molecule has 5 rings (SSSR count). The number of aliphatic hydroxyl groups excluding tert-OH is 1. The lowest BCUT2D eigenvalue weighted by atomic mass is 10.00. The van der Waals surface area contributed by atoms with Gasteiger partial charge in [-0.05, 0) is 36.1 Å². The van der Waals surface area contributed by atoms with Crippen molar-refractivity contribution in [2.45, 2.75) is 25.5 Å². The maximum atomic E-state index is 12.5. The van der Waals surface area contributed by atoms with Gasteiger partial charge in [-0.15, -0.1) is 0 Å². The Hall–Kier alpha value is -2.90. The van der Waals surface area contributed by atoms with Gasteiger partial charge in [0.05, 0.1) is 11.8 Å². The van der Waals surface area contributed by atoms with E-state index in [0.29, 0.717) is 12.2 Å². The van der Waals surface area contributed by atoms with Gasteiger partial charge in [-0.3, -0.25) is 9.69 Å². The number of fused-ring (bicyclic) bond motifs is 2. The number of hydrogen-bond donors (Lipinski definition) is 2. The molecule has 0 bridgehead atoms. The second kappa shape index (κ2) is 8.08. The van der Waals surface area contributed by atoms with Crippen LogP contribution in [0.15, 0.2) is 48.8 Å². The van der Waals surface area contributed by atoms with Crippen LogP contribution in [0.5, 0.6) is 0 Å². The van der Waals surface area contributed by atoms with Crippen LogP contribution in [0, 0.1) is 0 Å². The van der Waals surface area contributed by atoms with Crippen molar-refractivity contribution in [3.05, 3.63) is 65.6 Å². The van der Waals surface area contributed by atoms with Crippen LogP contribution in [0.25, 0.3) is 5.65 Å². The molecule has 2 aromatic heterocycles. The van der Waals surface area contributed by atoms with Crippen molar-refractivity contribution < 1.29 is 9.90 Å². The number of nitrogens with zero attached hydrogens (tertiary/aromatic N) is 4. The lowest BCUT2D eigenvalue weighted by molar-refractivity contribution is 0.0838. The summed E-state index contributed by atoms with van der Waals surface area (Å²) < 4.78 is 1.89. The second-order valence-electron chi connectivity index (χ2n) is 8.24. The molecular formula is C23H27N5O2. The van der Waals surface area contributed by atoms with Crippen molar-refractivity contribution >= 4 is 17.2 Å². The number of hydrogen-bond acceptors (Lipinski definition) is 5. The van der Waals surface area contributed by atoms with Gasteiger partial charge in [-0.2, -0.15) is 0 Å². The standard InChI is InChI=1S/C23H27N5O2/c29-20(15-26-11-8-17-4-1-2-5-18(17)13-26)12-24-23(30)21-16-28-14-19(27-9-3-10-27)6-7-22(28)25-21/h1-2,4-7,14,16,20,29H,3,8-13,15H2,(H,24,30)/t20-/m0/s1. The molecule has 7 heteroatoms. The fraction of sp³-hybridized carbons (Fsp3) is 0.391. The number of amides is 1. The van der Waals surface area contributed by atoms with E-state index in [1.54, 1.807) is 6.20 Å². The van der Waals surface area contributed by atoms with Gasteiger partial charge in [0, 0.05) is 51.7 Å². The first-order chi connectivity index (χ1) is 14.7. The number of benzene rings is 1. The van der Waals surface area contributed by atoms with E-state index in [0.717, 1.165) is 43.9 Å². The Morgan fingerprint density at radius 3 is 2.73 bits per heavy atom. The maximum absolute atomic E-state index is 12.5. The lowest BCUT2D eigenvalue weighted by Gasteiger charge is -2.33. The fourth-order valence-electron chi connectivity index (χ4n) is 4.22. The van der Waals surface area contributed by atoms with E-state index in [1.807, 2.05) is 22.7 Å². The Bertz CT molecular complexity index is 1060. The number of carbonyl (C=O) groups is 1. The molecule has 1 atom stereocenters. The summed E-state index contributed by atoms with van der Waals surface area (Å²) in [6.45, 7) is 4.67. The SMILES string of the molecule is O=C(NC[C@H](O)CN1CCc2ccccc2C1)c1cn2cc(N3CCC3)ccc2n1. The Morgan fingerprint density at radius 2 is 1.93 bits per heavy atom. The molecule has 2 N–H and O–H groups in total. The zero-order valence-corrected chi connectivity index (χ0v) is 17.0. The van der Waals surface area contributed by atoms with Gasteiger partial charge in [-0.1, -0.05) is 24.3 Å². The summed E-state index contributed by atoms with van der Waals surface area (Å²) in [6.07, 6.45) is 5.37. The molecule has 0 spiro atoms. The van der Waals surface area contributed by atoms with Crippen molar-refractivity contribution in [1.29, 1.82) is 0 Å². The highest BCUT2D eigenvalue weighted by molar-refractivity contribution is 5.92. The molecule has 0 unspecified atom stereocenters. The summed E-state index contributed by atoms with van der Waals surface area (Å²) in [5.74, 6) is -0.257. The van der Waals surface area contributed by atoms with Crippen LogP contribution in [0.1, 0.15) is 28.0 Å². The quantitative estimate of drug-likeness (QED) is 0.653. The van der Waals surface area contributed by atoms with Gasteiger partial charge in [-0.25, -0.2) is 4.98 Å². The fourth-order valence-corrected chi connectivity index (χ4v) is 4.22. The number of carbonyl (C=O) groups excluding carboxylic acids is 1. The maximum Gasteiger partial charge on any atom is 0.271 e. The third-order valence-corrected chi connectivity index (χ3v) is 6.07. The molecular weight excluding hydrogens is 378 g/mol. The van der Waals surface area contributed by atoms with E-state index in [2.05, 4.69) is 44.4 Å². The number of aliphatic hydroxyl groups is 1. The van der Waals surface area contributed by atoms with Crippen LogP contribution < -0.4 is 10.2 Å². The molecule has 2 aliphatic rings. The van der Waals surface area contributed by atoms with E-state index in [9.17, 15) is 9.90 Å². The summed E-state index contributed by atoms with van der Waals surface area (Å²) >= 11 is 0. The number of rotatable bonds is 6. The average molecular weight is 406 g/mol. The van der Waals surface area contributed by atoms with Crippen LogP contribution in [-0.2, 0) is 13.0 Å². The molecule has 0 aliphatic carbocycles. The monoisotopic (exact) mass is 405 g/mol. The largest absolute Gasteiger partial charge is 0.390 e. The average Bonchev–Trinajstić information content (AvgIpc) is 3.14. The van der Waals surface area contributed by atoms with E-state index in [1.165, 1.54) is 17.5 Å². The molecule has 156 valence electrons. The predicted octanol–water partition coefficient (Wildman–Crippen LogP) is 1.69. The highest BCUT2D eigenvalue weighted by Gasteiger charge is 2.20. The molecule has 30 heavy (non-hydrogen) atoms. The van der Waals surface area contributed by atoms with Crippen LogP contribution in [0.4, 0.5) is 5.69 Å². The number of β-amino-alcohol motifs (C(OH)–C–C–N with tert-alkyl or cyclic N) is 1. The molecule has 3 aromatic rings. The number of nitrogens with one attached hydrogen (secondary N) is 1. The van der Waals surface area contributed by atoms with Gasteiger partial charge in [0.1, 0.15) is 11.3 Å². The normalized spacial score (nSPS) is 17.4. The summed E-state index contributed by atoms with van der Waals surface area (Å²) in [5, 5.41) is 13.3. The molecule has 4 heterocycles. The summed E-state index contributed by atoms with van der Waals surface area (Å²) in [7, 11) is 0. The smallest absolute Gasteiger partial charge is 0.271 e. The van der Waals surface area contributed by atoms with Gasteiger partial charge < -0.3 is 19.7 Å². The Balaban J connectivity index is 1.16. The number of aromatic nitrogens is 2. The van der Waals surface area contributed by atoms with E-state index < -0.39 is 6.10 Å². The van der Waals surface area contributed by atoms with Crippen molar-refractivity contribution in [3.8, 4) is 0 Å². The van der Waals surface area contributed by atoms with Crippen LogP contribution in [-0.4, -0.2) is 64.1 Å². The number of pyridine rings is 1. The highest BCUT2D eigenvalue weighted by Crippen LogP contribution is 2.21. The minimum atomic E-state index is -0.616. The van der Waals surface area contributed by atoms with Crippen molar-refractivity contribution in [2.24, 2.45) is 0 Å². The van der Waals surface area contributed by atoms with E-state index >= 15 is 0 Å². The van der Waals surface area contributed by atoms with Gasteiger partial charge in [0.2, 0.25) is 0 Å². The number of imidazole rings is 1. The molecule has 1 amide bonds. The molecule has 1 aromatic carbocycles. The van der Waals surface area contributed by atoms with Gasteiger partial charge in [0.15, 0.2) is 0 Å². The van der Waals surface area contributed by atoms with Crippen LogP contribution in [0.2, 0.25) is 0 Å². The highest BCUT2D eigenvalue weighted by atomic mass is 16.3. The zero-order chi connectivity index (χ0) is 20.5.